The highest BCUT2D eigenvalue weighted by Gasteiger charge is 2.37. The van der Waals surface area contributed by atoms with E-state index in [1.165, 1.54) is 24.3 Å². The van der Waals surface area contributed by atoms with Crippen molar-refractivity contribution < 1.29 is 26.4 Å². The number of thiophene rings is 1. The molecule has 0 radical (unpaired) electrons. The van der Waals surface area contributed by atoms with Gasteiger partial charge >= 0.3 is 6.18 Å². The minimum Gasteiger partial charge on any atom is -0.365 e. The van der Waals surface area contributed by atoms with Gasteiger partial charge < -0.3 is 11.1 Å². The average molecular weight is 509 g/mol. The van der Waals surface area contributed by atoms with E-state index in [2.05, 4.69) is 20.3 Å². The Labute approximate surface area is 194 Å². The molecule has 1 amide bonds. The molecule has 1 aliphatic rings. The molecular weight excluding hydrogens is 493 g/mol. The number of nitrogens with two attached hydrogens (primary N) is 1. The molecule has 0 saturated heterocycles. The van der Waals surface area contributed by atoms with Gasteiger partial charge in [0.1, 0.15) is 10.5 Å². The van der Waals surface area contributed by atoms with E-state index >= 15 is 0 Å². The number of carbonyl (C=O) groups excluding carboxylic acids is 1. The van der Waals surface area contributed by atoms with Crippen LogP contribution in [0.25, 0.3) is 16.9 Å². The van der Waals surface area contributed by atoms with E-state index in [0.717, 1.165) is 35.1 Å². The minimum absolute atomic E-state index is 0.0137. The molecule has 1 fully saturated rings. The summed E-state index contributed by atoms with van der Waals surface area (Å²) in [6.07, 6.45) is -2.13. The zero-order valence-electron chi connectivity index (χ0n) is 17.1. The number of primary amides is 1. The van der Waals surface area contributed by atoms with Gasteiger partial charge in [-0.2, -0.15) is 13.2 Å². The fourth-order valence-electron chi connectivity index (χ4n) is 3.44. The summed E-state index contributed by atoms with van der Waals surface area (Å²) in [7, 11) is -4.13. The van der Waals surface area contributed by atoms with Crippen molar-refractivity contribution in [3.63, 3.8) is 0 Å². The third-order valence-corrected chi connectivity index (χ3v) is 8.32. The van der Waals surface area contributed by atoms with Crippen LogP contribution in [0.1, 0.15) is 29.0 Å². The molecule has 5 rings (SSSR count). The Kier molecular flexibility index (Phi) is 5.09. The highest BCUT2D eigenvalue weighted by atomic mass is 32.2. The lowest BCUT2D eigenvalue weighted by molar-refractivity contribution is -0.144. The predicted molar refractivity (Wildman–Crippen MR) is 117 cm³/mol. The van der Waals surface area contributed by atoms with E-state index in [4.69, 9.17) is 5.73 Å². The maximum Gasteiger partial charge on any atom is 0.451 e. The molecule has 34 heavy (non-hydrogen) atoms. The van der Waals surface area contributed by atoms with Crippen LogP contribution in [-0.4, -0.2) is 39.9 Å². The number of hydrogen-bond donors (Lipinski definition) is 2. The Morgan fingerprint density at radius 1 is 1.18 bits per heavy atom. The van der Waals surface area contributed by atoms with E-state index in [1.54, 1.807) is 11.4 Å². The molecule has 9 nitrogen and oxygen atoms in total. The lowest BCUT2D eigenvalue weighted by Gasteiger charge is -2.14. The number of rotatable bonds is 6. The Bertz CT molecular complexity index is 1530. The monoisotopic (exact) mass is 508 g/mol. The first-order valence-corrected chi connectivity index (χ1v) is 12.2. The number of halogens is 3. The van der Waals surface area contributed by atoms with Crippen molar-refractivity contribution >= 4 is 44.1 Å². The third-order valence-electron chi connectivity index (χ3n) is 5.13. The van der Waals surface area contributed by atoms with Crippen LogP contribution in [0.4, 0.5) is 19.0 Å². The first-order valence-electron chi connectivity index (χ1n) is 9.88. The van der Waals surface area contributed by atoms with Gasteiger partial charge in [0.05, 0.1) is 16.1 Å². The molecule has 176 valence electrons. The molecule has 0 atom stereocenters. The van der Waals surface area contributed by atoms with E-state index in [9.17, 15) is 26.4 Å². The van der Waals surface area contributed by atoms with Crippen LogP contribution in [0.5, 0.6) is 0 Å². The molecule has 3 aromatic heterocycles. The van der Waals surface area contributed by atoms with Crippen molar-refractivity contribution in [3.8, 4) is 5.69 Å². The number of nitrogens with zero attached hydrogens (tertiary/aromatic N) is 4. The highest BCUT2D eigenvalue weighted by molar-refractivity contribution is 7.93. The van der Waals surface area contributed by atoms with Crippen LogP contribution in [0, 0.1) is 0 Å². The molecule has 0 aliphatic heterocycles. The maximum atomic E-state index is 13.5. The summed E-state index contributed by atoms with van der Waals surface area (Å²) in [5, 5.41) is 4.48. The Morgan fingerprint density at radius 3 is 2.56 bits per heavy atom. The van der Waals surface area contributed by atoms with Crippen LogP contribution >= 0.6 is 11.3 Å². The van der Waals surface area contributed by atoms with Crippen LogP contribution < -0.4 is 11.1 Å². The lowest BCUT2D eigenvalue weighted by Crippen LogP contribution is -2.20. The number of carbonyl (C=O) groups is 1. The van der Waals surface area contributed by atoms with Gasteiger partial charge in [0, 0.05) is 6.04 Å². The fraction of sp³-hybridized carbons (Fsp3) is 0.200. The molecule has 3 heterocycles. The topological polar surface area (TPSA) is 133 Å². The van der Waals surface area contributed by atoms with Gasteiger partial charge in [-0.15, -0.1) is 11.3 Å². The molecule has 0 spiro atoms. The van der Waals surface area contributed by atoms with E-state index in [0.29, 0.717) is 0 Å². The standard InChI is InChI=1S/C20H15F3N6O3S2/c21-20(22,23)19-27-17(26-10-6-7-10)15-18(28-19)29(9-25-15)11-3-1-4-12(14(11)16(24)30)34(31,32)13-5-2-8-33-13/h1-5,8-10H,6-7H2,(H2,24,30)(H,26,27,28). The number of anilines is 1. The second-order valence-electron chi connectivity index (χ2n) is 7.55. The van der Waals surface area contributed by atoms with Crippen molar-refractivity contribution in [2.24, 2.45) is 5.73 Å². The lowest BCUT2D eigenvalue weighted by atomic mass is 10.1. The molecule has 3 N–H and O–H groups in total. The van der Waals surface area contributed by atoms with Crippen molar-refractivity contribution in [2.75, 3.05) is 5.32 Å². The number of imidazole rings is 1. The largest absolute Gasteiger partial charge is 0.451 e. The van der Waals surface area contributed by atoms with E-state index in [-0.39, 0.29) is 43.4 Å². The number of aromatic nitrogens is 4. The van der Waals surface area contributed by atoms with Gasteiger partial charge in [0.2, 0.25) is 15.7 Å². The number of nitrogens with one attached hydrogen (secondary N) is 1. The second-order valence-corrected chi connectivity index (χ2v) is 10.6. The summed E-state index contributed by atoms with van der Waals surface area (Å²) in [4.78, 5) is 23.5. The van der Waals surface area contributed by atoms with E-state index < -0.39 is 27.7 Å². The number of sulfone groups is 1. The summed E-state index contributed by atoms with van der Waals surface area (Å²) in [5.41, 5.74) is 4.89. The molecule has 1 aromatic carbocycles. The fourth-order valence-corrected chi connectivity index (χ4v) is 6.04. The van der Waals surface area contributed by atoms with Crippen molar-refractivity contribution in [2.45, 2.75) is 34.2 Å². The summed E-state index contributed by atoms with van der Waals surface area (Å²) < 4.78 is 68.0. The molecule has 14 heteroatoms. The quantitative estimate of drug-likeness (QED) is 0.408. The van der Waals surface area contributed by atoms with Gasteiger partial charge in [-0.05, 0) is 36.4 Å². The van der Waals surface area contributed by atoms with Gasteiger partial charge in [0.25, 0.3) is 5.91 Å². The van der Waals surface area contributed by atoms with Gasteiger partial charge in [-0.3, -0.25) is 9.36 Å². The minimum atomic E-state index is -4.85. The van der Waals surface area contributed by atoms with Crippen molar-refractivity contribution in [1.82, 2.24) is 19.5 Å². The van der Waals surface area contributed by atoms with Gasteiger partial charge in [-0.1, -0.05) is 12.1 Å². The summed E-state index contributed by atoms with van der Waals surface area (Å²) >= 11 is 0.956. The highest BCUT2D eigenvalue weighted by Crippen LogP contribution is 2.35. The summed E-state index contributed by atoms with van der Waals surface area (Å²) in [5.74, 6) is -2.57. The van der Waals surface area contributed by atoms with Gasteiger partial charge in [-0.25, -0.2) is 23.4 Å². The summed E-state index contributed by atoms with van der Waals surface area (Å²) in [6, 6.07) is 6.83. The Balaban J connectivity index is 1.77. The Morgan fingerprint density at radius 2 is 1.94 bits per heavy atom. The molecule has 0 bridgehead atoms. The van der Waals surface area contributed by atoms with E-state index in [1.807, 2.05) is 0 Å². The molecule has 1 aliphatic carbocycles. The van der Waals surface area contributed by atoms with Crippen molar-refractivity contribution in [1.29, 1.82) is 0 Å². The number of alkyl halides is 3. The first kappa shape index (κ1) is 22.3. The number of fused-ring (bicyclic) bond motifs is 1. The van der Waals surface area contributed by atoms with Crippen molar-refractivity contribution in [3.05, 3.63) is 53.4 Å². The Hall–Kier alpha value is -3.52. The smallest absolute Gasteiger partial charge is 0.365 e. The summed E-state index contributed by atoms with van der Waals surface area (Å²) in [6.45, 7) is 0. The molecule has 1 saturated carbocycles. The number of benzene rings is 1. The van der Waals surface area contributed by atoms with Crippen LogP contribution in [-0.2, 0) is 16.0 Å². The van der Waals surface area contributed by atoms with Crippen LogP contribution in [0.2, 0.25) is 0 Å². The maximum absolute atomic E-state index is 13.5. The second kappa shape index (κ2) is 7.77. The number of hydrogen-bond acceptors (Lipinski definition) is 8. The predicted octanol–water partition coefficient (Wildman–Crippen LogP) is 3.40. The van der Waals surface area contributed by atoms with Crippen LogP contribution in [0.3, 0.4) is 0 Å². The van der Waals surface area contributed by atoms with Gasteiger partial charge in [0.15, 0.2) is 17.0 Å². The molecule has 4 aromatic rings. The average Bonchev–Trinajstić information content (AvgIpc) is 3.25. The molecule has 0 unspecified atom stereocenters. The first-order chi connectivity index (χ1) is 16.1. The normalized spacial score (nSPS) is 14.4. The molecular formula is C20H15F3N6O3S2. The SMILES string of the molecule is NC(=O)c1c(-n2cnc3c(NC4CC4)nc(C(F)(F)F)nc32)cccc1S(=O)(=O)c1cccs1. The number of amides is 1. The zero-order chi connectivity index (χ0) is 24.3. The van der Waals surface area contributed by atoms with Crippen LogP contribution in [0.15, 0.2) is 51.1 Å². The zero-order valence-corrected chi connectivity index (χ0v) is 18.7. The third kappa shape index (κ3) is 3.77.